The lowest BCUT2D eigenvalue weighted by Gasteiger charge is -2.14. The van der Waals surface area contributed by atoms with Crippen molar-refractivity contribution in [1.29, 1.82) is 0 Å². The van der Waals surface area contributed by atoms with E-state index in [0.717, 1.165) is 5.57 Å². The predicted molar refractivity (Wildman–Crippen MR) is 72.8 cm³/mol. The molecule has 0 saturated carbocycles. The minimum Gasteiger partial charge on any atom is -0.367 e. The Kier molecular flexibility index (Phi) is 4.19. The zero-order chi connectivity index (χ0) is 14.0. The van der Waals surface area contributed by atoms with Crippen molar-refractivity contribution in [2.45, 2.75) is 31.6 Å². The quantitative estimate of drug-likeness (QED) is 0.636. The SMILES string of the molecule is Cc1nc(C2=CCC(Cl)C=C2)cc(=O)n1CC(O)O. The van der Waals surface area contributed by atoms with Crippen molar-refractivity contribution >= 4 is 17.2 Å². The molecule has 0 radical (unpaired) electrons. The monoisotopic (exact) mass is 282 g/mol. The Labute approximate surface area is 115 Å². The summed E-state index contributed by atoms with van der Waals surface area (Å²) in [6, 6.07) is 1.39. The predicted octanol–water partition coefficient (Wildman–Crippen LogP) is 0.813. The molecule has 19 heavy (non-hydrogen) atoms. The molecule has 0 aliphatic heterocycles. The first-order chi connectivity index (χ1) is 8.97. The maximum Gasteiger partial charge on any atom is 0.254 e. The summed E-state index contributed by atoms with van der Waals surface area (Å²) in [4.78, 5) is 16.2. The first kappa shape index (κ1) is 14.0. The van der Waals surface area contributed by atoms with Crippen LogP contribution in [-0.4, -0.2) is 31.4 Å². The van der Waals surface area contributed by atoms with Crippen LogP contribution in [0.3, 0.4) is 0 Å². The first-order valence-electron chi connectivity index (χ1n) is 5.95. The standard InChI is InChI=1S/C13H15ClN2O3/c1-8-15-11(9-2-4-10(14)5-3-9)6-12(17)16(8)7-13(18)19/h2-4,6,10,13,18-19H,5,7H2,1H3. The number of aliphatic hydroxyl groups is 2. The van der Waals surface area contributed by atoms with Gasteiger partial charge in [0.05, 0.1) is 17.6 Å². The number of aliphatic hydroxyl groups excluding tert-OH is 1. The van der Waals surface area contributed by atoms with E-state index in [2.05, 4.69) is 4.98 Å². The molecule has 0 fully saturated rings. The van der Waals surface area contributed by atoms with Gasteiger partial charge in [-0.05, 0) is 18.9 Å². The van der Waals surface area contributed by atoms with E-state index in [0.29, 0.717) is 17.9 Å². The smallest absolute Gasteiger partial charge is 0.254 e. The Morgan fingerprint density at radius 3 is 2.84 bits per heavy atom. The van der Waals surface area contributed by atoms with Crippen LogP contribution in [0.5, 0.6) is 0 Å². The van der Waals surface area contributed by atoms with Gasteiger partial charge in [-0.2, -0.15) is 0 Å². The Morgan fingerprint density at radius 1 is 1.58 bits per heavy atom. The van der Waals surface area contributed by atoms with Crippen LogP contribution in [0.4, 0.5) is 0 Å². The van der Waals surface area contributed by atoms with Gasteiger partial charge in [-0.1, -0.05) is 18.2 Å². The zero-order valence-electron chi connectivity index (χ0n) is 10.5. The summed E-state index contributed by atoms with van der Waals surface area (Å²) in [5, 5.41) is 17.8. The van der Waals surface area contributed by atoms with Crippen LogP contribution in [-0.2, 0) is 6.54 Å². The molecule has 0 saturated heterocycles. The lowest BCUT2D eigenvalue weighted by molar-refractivity contribution is -0.0524. The molecule has 1 aliphatic rings. The van der Waals surface area contributed by atoms with Crippen molar-refractivity contribution in [3.05, 3.63) is 46.2 Å². The number of hydrogen-bond donors (Lipinski definition) is 2. The number of halogens is 1. The topological polar surface area (TPSA) is 75.4 Å². The number of hydrogen-bond acceptors (Lipinski definition) is 4. The lowest BCUT2D eigenvalue weighted by atomic mass is 10.0. The molecule has 1 aromatic heterocycles. The summed E-state index contributed by atoms with van der Waals surface area (Å²) < 4.78 is 1.23. The lowest BCUT2D eigenvalue weighted by Crippen LogP contribution is -2.29. The van der Waals surface area contributed by atoms with Gasteiger partial charge < -0.3 is 10.2 Å². The fourth-order valence-corrected chi connectivity index (χ4v) is 2.10. The third-order valence-electron chi connectivity index (χ3n) is 2.89. The summed E-state index contributed by atoms with van der Waals surface area (Å²) in [6.07, 6.45) is 4.76. The molecule has 1 unspecified atom stereocenters. The average molecular weight is 283 g/mol. The Morgan fingerprint density at radius 2 is 2.32 bits per heavy atom. The van der Waals surface area contributed by atoms with Crippen LogP contribution in [0.1, 0.15) is 17.9 Å². The van der Waals surface area contributed by atoms with E-state index in [4.69, 9.17) is 21.8 Å². The summed E-state index contributed by atoms with van der Waals surface area (Å²) in [6.45, 7) is 1.47. The van der Waals surface area contributed by atoms with Crippen LogP contribution in [0.15, 0.2) is 29.1 Å². The van der Waals surface area contributed by atoms with Crippen LogP contribution in [0.25, 0.3) is 5.57 Å². The van der Waals surface area contributed by atoms with Crippen LogP contribution >= 0.6 is 11.6 Å². The third-order valence-corrected chi connectivity index (χ3v) is 3.21. The van der Waals surface area contributed by atoms with Crippen molar-refractivity contribution in [1.82, 2.24) is 9.55 Å². The number of aryl methyl sites for hydroxylation is 1. The van der Waals surface area contributed by atoms with Crippen LogP contribution < -0.4 is 5.56 Å². The van der Waals surface area contributed by atoms with Gasteiger partial charge >= 0.3 is 0 Å². The summed E-state index contributed by atoms with van der Waals surface area (Å²) >= 11 is 5.94. The molecule has 2 rings (SSSR count). The molecule has 0 bridgehead atoms. The van der Waals surface area contributed by atoms with Crippen molar-refractivity contribution in [2.24, 2.45) is 0 Å². The number of allylic oxidation sites excluding steroid dienone is 4. The normalized spacial score (nSPS) is 18.8. The summed E-state index contributed by atoms with van der Waals surface area (Å²) in [7, 11) is 0. The molecule has 0 aromatic carbocycles. The van der Waals surface area contributed by atoms with Gasteiger partial charge in [0.15, 0.2) is 6.29 Å². The van der Waals surface area contributed by atoms with Crippen molar-refractivity contribution in [2.75, 3.05) is 0 Å². The first-order valence-corrected chi connectivity index (χ1v) is 6.38. The van der Waals surface area contributed by atoms with Gasteiger partial charge in [-0.25, -0.2) is 4.98 Å². The van der Waals surface area contributed by atoms with E-state index in [1.54, 1.807) is 6.92 Å². The van der Waals surface area contributed by atoms with Gasteiger partial charge in [0.1, 0.15) is 5.82 Å². The molecular formula is C13H15ClN2O3. The maximum absolute atomic E-state index is 11.9. The van der Waals surface area contributed by atoms with Crippen molar-refractivity contribution in [3.8, 4) is 0 Å². The highest BCUT2D eigenvalue weighted by Gasteiger charge is 2.12. The molecule has 102 valence electrons. The Bertz CT molecular complexity index is 590. The van der Waals surface area contributed by atoms with Crippen molar-refractivity contribution < 1.29 is 10.2 Å². The molecule has 1 aliphatic carbocycles. The third kappa shape index (κ3) is 3.32. The van der Waals surface area contributed by atoms with Crippen molar-refractivity contribution in [3.63, 3.8) is 0 Å². The molecule has 2 N–H and O–H groups in total. The molecule has 1 atom stereocenters. The summed E-state index contributed by atoms with van der Waals surface area (Å²) in [5.74, 6) is 0.442. The molecule has 0 spiro atoms. The van der Waals surface area contributed by atoms with E-state index in [1.807, 2.05) is 18.2 Å². The second-order valence-electron chi connectivity index (χ2n) is 4.39. The largest absolute Gasteiger partial charge is 0.367 e. The minimum atomic E-state index is -1.57. The Balaban J connectivity index is 2.36. The molecule has 0 amide bonds. The fraction of sp³-hybridized carbons (Fsp3) is 0.385. The molecule has 1 heterocycles. The average Bonchev–Trinajstić information content (AvgIpc) is 2.34. The van der Waals surface area contributed by atoms with Gasteiger partial charge in [0.2, 0.25) is 0 Å². The van der Waals surface area contributed by atoms with Crippen LogP contribution in [0, 0.1) is 6.92 Å². The zero-order valence-corrected chi connectivity index (χ0v) is 11.2. The molecular weight excluding hydrogens is 268 g/mol. The van der Waals surface area contributed by atoms with Gasteiger partial charge in [0.25, 0.3) is 5.56 Å². The highest BCUT2D eigenvalue weighted by Crippen LogP contribution is 2.21. The van der Waals surface area contributed by atoms with E-state index in [9.17, 15) is 4.79 Å². The summed E-state index contributed by atoms with van der Waals surface area (Å²) in [5.41, 5.74) is 1.12. The minimum absolute atomic E-state index is 0.0187. The molecule has 5 nitrogen and oxygen atoms in total. The number of aromatic nitrogens is 2. The highest BCUT2D eigenvalue weighted by atomic mass is 35.5. The molecule has 6 heteroatoms. The van der Waals surface area contributed by atoms with Gasteiger partial charge in [-0.15, -0.1) is 11.6 Å². The highest BCUT2D eigenvalue weighted by molar-refractivity contribution is 6.22. The van der Waals surface area contributed by atoms with Gasteiger partial charge in [0, 0.05) is 6.07 Å². The van der Waals surface area contributed by atoms with Gasteiger partial charge in [-0.3, -0.25) is 9.36 Å². The van der Waals surface area contributed by atoms with Crippen LogP contribution in [0.2, 0.25) is 0 Å². The second-order valence-corrected chi connectivity index (χ2v) is 4.95. The Hall–Kier alpha value is -1.43. The fourth-order valence-electron chi connectivity index (χ4n) is 1.94. The number of nitrogens with zero attached hydrogens (tertiary/aromatic N) is 2. The second kappa shape index (κ2) is 5.69. The van der Waals surface area contributed by atoms with E-state index >= 15 is 0 Å². The maximum atomic E-state index is 11.9. The van der Waals surface area contributed by atoms with E-state index in [1.165, 1.54) is 10.6 Å². The van der Waals surface area contributed by atoms with E-state index < -0.39 is 6.29 Å². The number of rotatable bonds is 3. The molecule has 1 aromatic rings. The van der Waals surface area contributed by atoms with E-state index in [-0.39, 0.29) is 17.5 Å². The number of alkyl halides is 1.